The first-order valence-electron chi connectivity index (χ1n) is 26.4. The first-order valence-corrected chi connectivity index (χ1v) is 26.4. The van der Waals surface area contributed by atoms with Crippen molar-refractivity contribution in [3.8, 4) is 0 Å². The van der Waals surface area contributed by atoms with Gasteiger partial charge < -0.3 is 83.5 Å². The summed E-state index contributed by atoms with van der Waals surface area (Å²) in [4.78, 5) is 25.4. The van der Waals surface area contributed by atoms with Gasteiger partial charge in [0.2, 0.25) is 0 Å². The molecule has 0 amide bonds. The van der Waals surface area contributed by atoms with Crippen molar-refractivity contribution in [3.63, 3.8) is 0 Å². The first kappa shape index (κ1) is 58.8. The van der Waals surface area contributed by atoms with Crippen LogP contribution in [0.3, 0.4) is 0 Å². The molecule has 8 N–H and O–H groups in total. The molecule has 0 radical (unpaired) electrons. The van der Waals surface area contributed by atoms with Crippen LogP contribution in [0, 0.1) is 17.8 Å². The highest BCUT2D eigenvalue weighted by Crippen LogP contribution is 2.48. The molecular weight excluding hydrogens is 941 g/mol. The Labute approximate surface area is 424 Å². The highest BCUT2D eigenvalue weighted by molar-refractivity contribution is 5.74. The lowest BCUT2D eigenvalue weighted by molar-refractivity contribution is -0.423. The lowest BCUT2D eigenvalue weighted by atomic mass is 9.80. The van der Waals surface area contributed by atoms with Gasteiger partial charge in [-0.2, -0.15) is 0 Å². The summed E-state index contributed by atoms with van der Waals surface area (Å²) >= 11 is 0. The summed E-state index contributed by atoms with van der Waals surface area (Å²) in [5.74, 6) is -7.32. The fourth-order valence-corrected chi connectivity index (χ4v) is 11.4. The van der Waals surface area contributed by atoms with Crippen molar-refractivity contribution < 1.29 is 93.1 Å². The Morgan fingerprint density at radius 2 is 1.47 bits per heavy atom. The van der Waals surface area contributed by atoms with Crippen LogP contribution < -0.4 is 0 Å². The number of ether oxygens (including phenoxy) is 9. The van der Waals surface area contributed by atoms with Gasteiger partial charge in [-0.15, -0.1) is 0 Å². The minimum absolute atomic E-state index is 0.0233. The van der Waals surface area contributed by atoms with Gasteiger partial charge in [-0.3, -0.25) is 4.79 Å². The largest absolute Gasteiger partial charge is 0.467 e. The predicted octanol–water partition coefficient (Wildman–Crippen LogP) is 3.32. The van der Waals surface area contributed by atoms with Gasteiger partial charge in [0.05, 0.1) is 74.6 Å². The van der Waals surface area contributed by atoms with Crippen LogP contribution in [0.25, 0.3) is 0 Å². The molecule has 0 aromatic heterocycles. The summed E-state index contributed by atoms with van der Waals surface area (Å²) in [6, 6.07) is 0. The third-order valence-electron chi connectivity index (χ3n) is 16.0. The number of hydrogen-bond acceptors (Lipinski definition) is 19. The molecule has 0 aliphatic carbocycles. The minimum Gasteiger partial charge on any atom is -0.467 e. The third-order valence-corrected chi connectivity index (χ3v) is 16.0. The van der Waals surface area contributed by atoms with Crippen LogP contribution in [0.4, 0.5) is 0 Å². The second-order valence-electron chi connectivity index (χ2n) is 21.6. The molecule has 5 fully saturated rings. The maximum Gasteiger partial charge on any atom is 0.335 e. The minimum atomic E-state index is -2.00. The maximum absolute atomic E-state index is 13.9. The van der Waals surface area contributed by atoms with Crippen molar-refractivity contribution in [1.82, 2.24) is 0 Å². The van der Waals surface area contributed by atoms with Gasteiger partial charge in [-0.05, 0) is 82.6 Å². The smallest absolute Gasteiger partial charge is 0.335 e. The Balaban J connectivity index is 1.25. The molecule has 5 saturated heterocycles. The van der Waals surface area contributed by atoms with Crippen LogP contribution in [-0.4, -0.2) is 183 Å². The van der Waals surface area contributed by atoms with Crippen molar-refractivity contribution in [1.29, 1.82) is 0 Å². The van der Waals surface area contributed by atoms with E-state index in [4.69, 9.17) is 37.9 Å². The van der Waals surface area contributed by atoms with Crippen molar-refractivity contribution in [3.05, 3.63) is 36.5 Å². The topological polar surface area (TPSA) is 279 Å². The SMILES string of the molecule is COC(=O)C(O)C/C=C\C/C=C/CC(O)C1CC2(O)OC3(CCC2C)C[C@@H](OC)[C@H](O)[C@@H](CCC(C)C(O)C(O)[C@H]2O[C@@]4(C=CC(C)[C@@H](CC(O)CC(O)CC5CCCC(CC(=O)O1)O5)O4)CC[C@H]2OC)O3. The summed E-state index contributed by atoms with van der Waals surface area (Å²) in [6.45, 7) is 5.55. The highest BCUT2D eigenvalue weighted by Gasteiger charge is 2.57. The number of esters is 2. The number of aliphatic hydroxyl groups is 8. The second kappa shape index (κ2) is 26.6. The molecule has 0 aromatic rings. The molecule has 14 unspecified atom stereocenters. The van der Waals surface area contributed by atoms with E-state index in [0.717, 1.165) is 0 Å². The van der Waals surface area contributed by atoms with Gasteiger partial charge >= 0.3 is 11.9 Å². The Morgan fingerprint density at radius 1 is 0.764 bits per heavy atom. The summed E-state index contributed by atoms with van der Waals surface area (Å²) < 4.78 is 55.0. The molecule has 6 rings (SSSR count). The number of allylic oxidation sites excluding steroid dienone is 2. The van der Waals surface area contributed by atoms with Crippen LogP contribution in [0.1, 0.15) is 136 Å². The molecule has 0 saturated carbocycles. The molecule has 19 heteroatoms. The fraction of sp³-hybridized carbons (Fsp3) is 0.849. The molecule has 19 nitrogen and oxygen atoms in total. The molecule has 6 aliphatic heterocycles. The van der Waals surface area contributed by atoms with Crippen molar-refractivity contribution in [2.45, 2.75) is 245 Å². The zero-order valence-corrected chi connectivity index (χ0v) is 43.2. The lowest BCUT2D eigenvalue weighted by Crippen LogP contribution is -2.63. The second-order valence-corrected chi connectivity index (χ2v) is 21.6. The van der Waals surface area contributed by atoms with Crippen LogP contribution in [0.5, 0.6) is 0 Å². The van der Waals surface area contributed by atoms with Crippen molar-refractivity contribution in [2.24, 2.45) is 17.8 Å². The van der Waals surface area contributed by atoms with Crippen LogP contribution in [-0.2, 0) is 52.2 Å². The van der Waals surface area contributed by atoms with Gasteiger partial charge in [0.25, 0.3) is 0 Å². The van der Waals surface area contributed by atoms with Gasteiger partial charge in [-0.1, -0.05) is 51.2 Å². The standard InChI is InChI=1S/C53H86O19/c1-31-19-22-51-24-21-41(64-4)49(71-51)48(61)46(59)32(2)17-18-40-47(60)44(65-5)29-52(69-40)23-20-33(3)53(63,72-52)30-43(38(56)15-10-8-7-9-11-16-39(57)50(62)66-6)68-45(58)28-37-14-12-13-36(67-37)26-34(54)25-35(55)27-42(31)70-51/h8-11,19,22,31-44,46-49,54-57,59-61,63H,7,12-18,20-21,23-30H2,1-6H3/b10-8+,11-9-/t31?,32?,33?,34?,35?,36?,37?,38?,39?,40-,41-,42-,43?,44-,46?,47-,48?,49+,51+,52?,53?/m1/s1. The number of methoxy groups -OCH3 is 3. The van der Waals surface area contributed by atoms with E-state index in [1.807, 2.05) is 19.1 Å². The molecule has 6 aliphatic rings. The summed E-state index contributed by atoms with van der Waals surface area (Å²) in [6.07, 6.45) is 0.838. The van der Waals surface area contributed by atoms with Crippen LogP contribution >= 0.6 is 0 Å². The average Bonchev–Trinajstić information content (AvgIpc) is 3.34. The van der Waals surface area contributed by atoms with E-state index in [-0.39, 0.29) is 70.1 Å². The number of carbonyl (C=O) groups excluding carboxylic acids is 2. The number of aliphatic hydroxyl groups excluding tert-OH is 7. The molecule has 21 atom stereocenters. The normalized spacial score (nSPS) is 44.1. The van der Waals surface area contributed by atoms with Gasteiger partial charge in [-0.25, -0.2) is 4.79 Å². The lowest BCUT2D eigenvalue weighted by Gasteiger charge is -2.54. The van der Waals surface area contributed by atoms with E-state index < -0.39 is 133 Å². The maximum atomic E-state index is 13.9. The predicted molar refractivity (Wildman–Crippen MR) is 258 cm³/mol. The molecular formula is C53H86O19. The highest BCUT2D eigenvalue weighted by atomic mass is 16.8. The Hall–Kier alpha value is -2.44. The number of cyclic esters (lactones) is 1. The third kappa shape index (κ3) is 15.4. The average molecular weight is 1030 g/mol. The Bertz CT molecular complexity index is 1800. The number of rotatable bonds is 10. The fourth-order valence-electron chi connectivity index (χ4n) is 11.4. The number of fused-ring (bicyclic) bond motifs is 6. The van der Waals surface area contributed by atoms with Gasteiger partial charge in [0.15, 0.2) is 23.5 Å². The van der Waals surface area contributed by atoms with E-state index in [9.17, 15) is 50.4 Å². The zero-order chi connectivity index (χ0) is 52.4. The molecule has 2 spiro atoms. The van der Waals surface area contributed by atoms with E-state index in [0.29, 0.717) is 51.4 Å². The monoisotopic (exact) mass is 1030 g/mol. The van der Waals surface area contributed by atoms with E-state index >= 15 is 0 Å². The van der Waals surface area contributed by atoms with Crippen molar-refractivity contribution >= 4 is 11.9 Å². The number of hydrogen-bond donors (Lipinski definition) is 8. The van der Waals surface area contributed by atoms with Crippen molar-refractivity contribution in [2.75, 3.05) is 21.3 Å². The van der Waals surface area contributed by atoms with Gasteiger partial charge in [0, 0.05) is 64.6 Å². The molecule has 412 valence electrons. The number of carbonyl (C=O) groups is 2. The quantitative estimate of drug-likeness (QED) is 0.115. The molecule has 6 heterocycles. The van der Waals surface area contributed by atoms with E-state index in [1.165, 1.54) is 21.3 Å². The summed E-state index contributed by atoms with van der Waals surface area (Å²) in [5, 5.41) is 91.9. The summed E-state index contributed by atoms with van der Waals surface area (Å²) in [7, 11) is 4.19. The Kier molecular flexibility index (Phi) is 21.7. The molecule has 72 heavy (non-hydrogen) atoms. The molecule has 0 aromatic carbocycles. The van der Waals surface area contributed by atoms with Gasteiger partial charge in [0.1, 0.15) is 24.4 Å². The van der Waals surface area contributed by atoms with E-state index in [2.05, 4.69) is 4.74 Å². The Morgan fingerprint density at radius 3 is 2.19 bits per heavy atom. The van der Waals surface area contributed by atoms with Crippen LogP contribution in [0.2, 0.25) is 0 Å². The van der Waals surface area contributed by atoms with E-state index in [1.54, 1.807) is 38.2 Å². The zero-order valence-electron chi connectivity index (χ0n) is 43.2. The summed E-state index contributed by atoms with van der Waals surface area (Å²) in [5.41, 5.74) is 0. The van der Waals surface area contributed by atoms with Crippen LogP contribution in [0.15, 0.2) is 36.5 Å². The molecule has 8 bridgehead atoms. The first-order chi connectivity index (χ1) is 34.2.